The Balaban J connectivity index is 1.49. The first kappa shape index (κ1) is 17.3. The molecule has 3 aromatic rings. The first-order valence-corrected chi connectivity index (χ1v) is 9.04. The summed E-state index contributed by atoms with van der Waals surface area (Å²) < 4.78 is 7.37. The summed E-state index contributed by atoms with van der Waals surface area (Å²) in [4.78, 5) is 31.8. The predicted molar refractivity (Wildman–Crippen MR) is 101 cm³/mol. The van der Waals surface area contributed by atoms with Gasteiger partial charge in [0.1, 0.15) is 5.69 Å². The first-order valence-electron chi connectivity index (χ1n) is 8.63. The van der Waals surface area contributed by atoms with E-state index in [2.05, 4.69) is 4.98 Å². The van der Waals surface area contributed by atoms with E-state index < -0.39 is 0 Å². The molecule has 0 bridgehead atoms. The number of H-pyrrole nitrogens is 1. The fourth-order valence-electron chi connectivity index (χ4n) is 3.19. The van der Waals surface area contributed by atoms with Crippen molar-refractivity contribution in [1.82, 2.24) is 19.4 Å². The third-order valence-electron chi connectivity index (χ3n) is 4.60. The molecule has 1 aliphatic heterocycles. The quantitative estimate of drug-likeness (QED) is 0.707. The maximum Gasteiger partial charge on any atom is 0.289 e. The van der Waals surface area contributed by atoms with Crippen molar-refractivity contribution in [2.75, 3.05) is 26.2 Å². The van der Waals surface area contributed by atoms with Crippen molar-refractivity contribution in [1.29, 1.82) is 0 Å². The summed E-state index contributed by atoms with van der Waals surface area (Å²) in [5.74, 6) is 0.0512. The molecule has 1 aromatic carbocycles. The molecule has 1 fully saturated rings. The van der Waals surface area contributed by atoms with Crippen LogP contribution in [0.4, 0.5) is 0 Å². The van der Waals surface area contributed by atoms with Gasteiger partial charge in [-0.25, -0.2) is 0 Å². The molecule has 2 amide bonds. The third-order valence-corrected chi connectivity index (χ3v) is 4.90. The SMILES string of the molecule is O=C(c1ccco1)N1CCN(C(=O)c2c[nH]c(=S)n2-c2ccccc2)CC1. The summed E-state index contributed by atoms with van der Waals surface area (Å²) in [7, 11) is 0. The minimum absolute atomic E-state index is 0.115. The third kappa shape index (κ3) is 3.31. The number of para-hydroxylation sites is 1. The number of furan rings is 1. The number of benzene rings is 1. The van der Waals surface area contributed by atoms with Crippen LogP contribution in [-0.4, -0.2) is 57.3 Å². The number of amides is 2. The van der Waals surface area contributed by atoms with Crippen LogP contribution in [0.15, 0.2) is 59.3 Å². The second kappa shape index (κ2) is 7.24. The van der Waals surface area contributed by atoms with Crippen LogP contribution in [0.5, 0.6) is 0 Å². The number of aromatic nitrogens is 2. The van der Waals surface area contributed by atoms with Gasteiger partial charge in [0.15, 0.2) is 10.5 Å². The van der Waals surface area contributed by atoms with E-state index >= 15 is 0 Å². The van der Waals surface area contributed by atoms with Gasteiger partial charge >= 0.3 is 0 Å². The average molecular weight is 382 g/mol. The van der Waals surface area contributed by atoms with Crippen molar-refractivity contribution < 1.29 is 14.0 Å². The summed E-state index contributed by atoms with van der Waals surface area (Å²) in [6.07, 6.45) is 3.12. The molecule has 0 radical (unpaired) electrons. The molecule has 0 spiro atoms. The van der Waals surface area contributed by atoms with Crippen LogP contribution in [0.3, 0.4) is 0 Å². The summed E-state index contributed by atoms with van der Waals surface area (Å²) in [5.41, 5.74) is 1.32. The molecule has 27 heavy (non-hydrogen) atoms. The van der Waals surface area contributed by atoms with Crippen LogP contribution in [0.2, 0.25) is 0 Å². The van der Waals surface area contributed by atoms with Gasteiger partial charge in [0.2, 0.25) is 0 Å². The topological polar surface area (TPSA) is 74.5 Å². The maximum absolute atomic E-state index is 13.0. The van der Waals surface area contributed by atoms with Crippen LogP contribution in [0, 0.1) is 4.77 Å². The van der Waals surface area contributed by atoms with Crippen LogP contribution in [0.25, 0.3) is 5.69 Å². The van der Waals surface area contributed by atoms with E-state index in [-0.39, 0.29) is 11.8 Å². The van der Waals surface area contributed by atoms with E-state index in [0.717, 1.165) is 5.69 Å². The molecule has 0 unspecified atom stereocenters. The molecule has 4 rings (SSSR count). The number of imidazole rings is 1. The molecule has 1 saturated heterocycles. The summed E-state index contributed by atoms with van der Waals surface area (Å²) in [6, 6.07) is 12.9. The van der Waals surface area contributed by atoms with Crippen molar-refractivity contribution in [3.63, 3.8) is 0 Å². The highest BCUT2D eigenvalue weighted by atomic mass is 32.1. The monoisotopic (exact) mass is 382 g/mol. The van der Waals surface area contributed by atoms with Gasteiger partial charge in [-0.2, -0.15) is 0 Å². The number of carbonyl (C=O) groups is 2. The lowest BCUT2D eigenvalue weighted by Gasteiger charge is -2.34. The smallest absolute Gasteiger partial charge is 0.289 e. The minimum atomic E-state index is -0.152. The second-order valence-corrected chi connectivity index (χ2v) is 6.60. The molecule has 0 aliphatic carbocycles. The number of hydrogen-bond acceptors (Lipinski definition) is 4. The van der Waals surface area contributed by atoms with E-state index in [9.17, 15) is 9.59 Å². The number of piperazine rings is 1. The van der Waals surface area contributed by atoms with Crippen molar-refractivity contribution in [2.45, 2.75) is 0 Å². The van der Waals surface area contributed by atoms with Gasteiger partial charge in [-0.05, 0) is 36.5 Å². The minimum Gasteiger partial charge on any atom is -0.459 e. The van der Waals surface area contributed by atoms with Crippen LogP contribution in [-0.2, 0) is 0 Å². The number of aromatic amines is 1. The van der Waals surface area contributed by atoms with Gasteiger partial charge in [0, 0.05) is 38.1 Å². The summed E-state index contributed by atoms with van der Waals surface area (Å²) in [5, 5.41) is 0. The Morgan fingerprint density at radius 1 is 0.926 bits per heavy atom. The Kier molecular flexibility index (Phi) is 4.64. The largest absolute Gasteiger partial charge is 0.459 e. The van der Waals surface area contributed by atoms with Gasteiger partial charge in [0.05, 0.1) is 6.26 Å². The van der Waals surface area contributed by atoms with Gasteiger partial charge in [0.25, 0.3) is 11.8 Å². The van der Waals surface area contributed by atoms with Gasteiger partial charge < -0.3 is 19.2 Å². The van der Waals surface area contributed by atoms with Crippen LogP contribution < -0.4 is 0 Å². The molecular weight excluding hydrogens is 364 g/mol. The normalized spacial score (nSPS) is 14.4. The summed E-state index contributed by atoms with van der Waals surface area (Å²) in [6.45, 7) is 1.83. The Hall–Kier alpha value is -3.13. The van der Waals surface area contributed by atoms with E-state index in [1.54, 1.807) is 32.7 Å². The zero-order valence-electron chi connectivity index (χ0n) is 14.5. The molecular formula is C19H18N4O3S. The highest BCUT2D eigenvalue weighted by Gasteiger charge is 2.28. The molecule has 3 heterocycles. The van der Waals surface area contributed by atoms with Crippen molar-refractivity contribution in [3.8, 4) is 5.69 Å². The molecule has 2 aromatic heterocycles. The molecule has 138 valence electrons. The average Bonchev–Trinajstić information content (AvgIpc) is 3.37. The van der Waals surface area contributed by atoms with E-state index in [4.69, 9.17) is 16.6 Å². The lowest BCUT2D eigenvalue weighted by molar-refractivity contribution is 0.0514. The first-order chi connectivity index (χ1) is 13.1. The lowest BCUT2D eigenvalue weighted by Crippen LogP contribution is -2.50. The lowest BCUT2D eigenvalue weighted by atomic mass is 10.2. The molecule has 8 heteroatoms. The molecule has 0 atom stereocenters. The molecule has 1 N–H and O–H groups in total. The van der Waals surface area contributed by atoms with Crippen molar-refractivity contribution in [2.24, 2.45) is 0 Å². The van der Waals surface area contributed by atoms with E-state index in [0.29, 0.717) is 42.4 Å². The zero-order valence-corrected chi connectivity index (χ0v) is 15.3. The van der Waals surface area contributed by atoms with Gasteiger partial charge in [-0.3, -0.25) is 14.2 Å². The predicted octanol–water partition coefficient (Wildman–Crippen LogP) is 2.73. The fourth-order valence-corrected chi connectivity index (χ4v) is 3.45. The van der Waals surface area contributed by atoms with Gasteiger partial charge in [-0.15, -0.1) is 0 Å². The number of nitrogens with zero attached hydrogens (tertiary/aromatic N) is 3. The Bertz CT molecular complexity index is 999. The maximum atomic E-state index is 13.0. The number of nitrogens with one attached hydrogen (secondary N) is 1. The molecule has 7 nitrogen and oxygen atoms in total. The summed E-state index contributed by atoms with van der Waals surface area (Å²) >= 11 is 5.35. The Morgan fingerprint density at radius 2 is 1.59 bits per heavy atom. The number of hydrogen-bond donors (Lipinski definition) is 1. The fraction of sp³-hybridized carbons (Fsp3) is 0.211. The van der Waals surface area contributed by atoms with E-state index in [1.165, 1.54) is 6.26 Å². The number of carbonyl (C=O) groups excluding carboxylic acids is 2. The zero-order chi connectivity index (χ0) is 18.8. The van der Waals surface area contributed by atoms with Crippen molar-refractivity contribution in [3.05, 3.63) is 71.1 Å². The highest BCUT2D eigenvalue weighted by Crippen LogP contribution is 2.16. The van der Waals surface area contributed by atoms with Crippen LogP contribution >= 0.6 is 12.2 Å². The van der Waals surface area contributed by atoms with Crippen molar-refractivity contribution >= 4 is 24.0 Å². The molecule has 1 aliphatic rings. The second-order valence-electron chi connectivity index (χ2n) is 6.21. The standard InChI is InChI=1S/C19H18N4O3S/c24-17(15-13-20-19(27)23(15)14-5-2-1-3-6-14)21-8-10-22(11-9-21)18(25)16-7-4-12-26-16/h1-7,12-13H,8-11H2,(H,20,27). The Labute approximate surface area is 160 Å². The Morgan fingerprint density at radius 3 is 2.22 bits per heavy atom. The van der Waals surface area contributed by atoms with Gasteiger partial charge in [-0.1, -0.05) is 18.2 Å². The highest BCUT2D eigenvalue weighted by molar-refractivity contribution is 7.71. The van der Waals surface area contributed by atoms with Crippen LogP contribution in [0.1, 0.15) is 21.0 Å². The number of rotatable bonds is 3. The molecule has 0 saturated carbocycles. The van der Waals surface area contributed by atoms with E-state index in [1.807, 2.05) is 30.3 Å².